The minimum absolute atomic E-state index is 0.398. The lowest BCUT2D eigenvalue weighted by Gasteiger charge is -2.35. The number of fused-ring (bicyclic) bond motifs is 1. The Bertz CT molecular complexity index is 689. The Kier molecular flexibility index (Phi) is 3.68. The first-order valence-electron chi connectivity index (χ1n) is 6.67. The van der Waals surface area contributed by atoms with Gasteiger partial charge in [0.25, 0.3) is 0 Å². The number of nitrogens with zero attached hydrogens (tertiary/aromatic N) is 1. The molecular formula is C16H14BrNO3. The number of ether oxygens (including phenoxy) is 1. The zero-order valence-corrected chi connectivity index (χ0v) is 12.8. The van der Waals surface area contributed by atoms with E-state index in [9.17, 15) is 9.90 Å². The molecule has 0 aliphatic carbocycles. The van der Waals surface area contributed by atoms with Crippen LogP contribution in [0.15, 0.2) is 47.2 Å². The van der Waals surface area contributed by atoms with Crippen molar-refractivity contribution in [1.82, 2.24) is 4.98 Å². The van der Waals surface area contributed by atoms with Gasteiger partial charge in [-0.25, -0.2) is 0 Å². The van der Waals surface area contributed by atoms with Crippen molar-refractivity contribution < 1.29 is 14.6 Å². The molecule has 1 atom stereocenters. The number of pyridine rings is 1. The molecule has 0 saturated heterocycles. The van der Waals surface area contributed by atoms with Gasteiger partial charge in [0.1, 0.15) is 11.2 Å². The molecule has 2 aromatic rings. The summed E-state index contributed by atoms with van der Waals surface area (Å²) in [6.45, 7) is 0.407. The minimum atomic E-state index is -0.961. The minimum Gasteiger partial charge on any atom is -0.493 e. The van der Waals surface area contributed by atoms with Gasteiger partial charge in [0.05, 0.1) is 6.61 Å². The van der Waals surface area contributed by atoms with Gasteiger partial charge in [-0.15, -0.1) is 0 Å². The first-order chi connectivity index (χ1) is 10.1. The second-order valence-electron chi connectivity index (χ2n) is 5.17. The Balaban J connectivity index is 2.08. The molecule has 1 N–H and O–H groups in total. The van der Waals surface area contributed by atoms with Crippen LogP contribution in [0.3, 0.4) is 0 Å². The lowest BCUT2D eigenvalue weighted by molar-refractivity contribution is -0.145. The summed E-state index contributed by atoms with van der Waals surface area (Å²) in [4.78, 5) is 16.2. The number of carboxylic acid groups (broad SMARTS) is 1. The highest BCUT2D eigenvalue weighted by atomic mass is 79.9. The molecule has 1 aliphatic rings. The van der Waals surface area contributed by atoms with E-state index in [2.05, 4.69) is 20.9 Å². The normalized spacial score (nSPS) is 20.4. The molecule has 5 heteroatoms. The van der Waals surface area contributed by atoms with Gasteiger partial charge in [0.2, 0.25) is 0 Å². The van der Waals surface area contributed by atoms with E-state index in [4.69, 9.17) is 4.74 Å². The third-order valence-corrected chi connectivity index (χ3v) is 4.30. The molecule has 1 aromatic heterocycles. The Labute approximate surface area is 130 Å². The molecule has 1 aliphatic heterocycles. The Hall–Kier alpha value is -1.88. The molecule has 0 saturated carbocycles. The monoisotopic (exact) mass is 347 g/mol. The van der Waals surface area contributed by atoms with Gasteiger partial charge in [0.15, 0.2) is 0 Å². The van der Waals surface area contributed by atoms with Crippen molar-refractivity contribution in [3.63, 3.8) is 0 Å². The highest BCUT2D eigenvalue weighted by Gasteiger charge is 2.44. The molecule has 1 aromatic carbocycles. The van der Waals surface area contributed by atoms with E-state index in [1.165, 1.54) is 0 Å². The average molecular weight is 348 g/mol. The number of halogens is 1. The number of benzene rings is 1. The number of aromatic nitrogens is 1. The first-order valence-corrected chi connectivity index (χ1v) is 7.46. The summed E-state index contributed by atoms with van der Waals surface area (Å²) in [7, 11) is 0. The van der Waals surface area contributed by atoms with Crippen molar-refractivity contribution in [3.05, 3.63) is 58.3 Å². The number of carboxylic acids is 1. The van der Waals surface area contributed by atoms with E-state index >= 15 is 0 Å². The molecule has 21 heavy (non-hydrogen) atoms. The number of hydrogen-bond acceptors (Lipinski definition) is 3. The Morgan fingerprint density at radius 2 is 2.19 bits per heavy atom. The summed E-state index contributed by atoms with van der Waals surface area (Å²) in [6, 6.07) is 9.29. The fraction of sp³-hybridized carbons (Fsp3) is 0.250. The van der Waals surface area contributed by atoms with E-state index < -0.39 is 11.4 Å². The van der Waals surface area contributed by atoms with E-state index in [0.717, 1.165) is 15.6 Å². The van der Waals surface area contributed by atoms with Gasteiger partial charge in [-0.3, -0.25) is 9.78 Å². The number of hydrogen-bond donors (Lipinski definition) is 1. The number of carbonyl (C=O) groups is 1. The van der Waals surface area contributed by atoms with E-state index in [1.54, 1.807) is 12.4 Å². The first kappa shape index (κ1) is 14.1. The number of aliphatic carboxylic acids is 1. The van der Waals surface area contributed by atoms with Crippen molar-refractivity contribution in [1.29, 1.82) is 0 Å². The van der Waals surface area contributed by atoms with Crippen LogP contribution in [0.5, 0.6) is 5.75 Å². The van der Waals surface area contributed by atoms with Crippen LogP contribution in [0.4, 0.5) is 0 Å². The lowest BCUT2D eigenvalue weighted by Crippen LogP contribution is -2.42. The largest absolute Gasteiger partial charge is 0.493 e. The second-order valence-corrected chi connectivity index (χ2v) is 6.09. The van der Waals surface area contributed by atoms with Gasteiger partial charge >= 0.3 is 5.97 Å². The van der Waals surface area contributed by atoms with Crippen molar-refractivity contribution in [2.45, 2.75) is 18.3 Å². The predicted octanol–water partition coefficient (Wildman–Crippen LogP) is 3.19. The Morgan fingerprint density at radius 3 is 2.95 bits per heavy atom. The number of rotatable bonds is 3. The average Bonchev–Trinajstić information content (AvgIpc) is 2.47. The van der Waals surface area contributed by atoms with Crippen molar-refractivity contribution >= 4 is 21.9 Å². The molecule has 0 spiro atoms. The van der Waals surface area contributed by atoms with Crippen LogP contribution >= 0.6 is 15.9 Å². The van der Waals surface area contributed by atoms with Gasteiger partial charge in [-0.05, 0) is 40.0 Å². The number of para-hydroxylation sites is 1. The Morgan fingerprint density at radius 1 is 1.38 bits per heavy atom. The van der Waals surface area contributed by atoms with Crippen molar-refractivity contribution in [3.8, 4) is 5.75 Å². The van der Waals surface area contributed by atoms with E-state index in [1.807, 2.05) is 30.3 Å². The molecular weight excluding hydrogens is 334 g/mol. The molecule has 2 heterocycles. The van der Waals surface area contributed by atoms with E-state index in [0.29, 0.717) is 25.2 Å². The summed E-state index contributed by atoms with van der Waals surface area (Å²) < 4.78 is 6.45. The zero-order valence-electron chi connectivity index (χ0n) is 11.3. The molecule has 3 rings (SSSR count). The molecule has 0 bridgehead atoms. The second kappa shape index (κ2) is 5.48. The maximum absolute atomic E-state index is 12.0. The predicted molar refractivity (Wildman–Crippen MR) is 81.5 cm³/mol. The van der Waals surface area contributed by atoms with Gasteiger partial charge in [-0.2, -0.15) is 0 Å². The van der Waals surface area contributed by atoms with Gasteiger partial charge in [-0.1, -0.05) is 18.2 Å². The standard InChI is InChI=1S/C16H14BrNO3/c17-12-7-11(9-18-10-12)8-16(15(19)20)5-6-21-14-4-2-1-3-13(14)16/h1-4,7,9-10H,5-6,8H2,(H,19,20). The summed E-state index contributed by atoms with van der Waals surface area (Å²) >= 11 is 3.38. The summed E-state index contributed by atoms with van der Waals surface area (Å²) in [5.74, 6) is -0.160. The maximum atomic E-state index is 12.0. The quantitative estimate of drug-likeness (QED) is 0.926. The maximum Gasteiger partial charge on any atom is 0.314 e. The molecule has 4 nitrogen and oxygen atoms in total. The SMILES string of the molecule is O=C(O)C1(Cc2cncc(Br)c2)CCOc2ccccc21. The van der Waals surface area contributed by atoms with Crippen LogP contribution in [-0.4, -0.2) is 22.7 Å². The lowest BCUT2D eigenvalue weighted by atomic mass is 9.72. The van der Waals surface area contributed by atoms with Crippen LogP contribution in [0.2, 0.25) is 0 Å². The molecule has 1 unspecified atom stereocenters. The van der Waals surface area contributed by atoms with Crippen LogP contribution < -0.4 is 4.74 Å². The van der Waals surface area contributed by atoms with Crippen molar-refractivity contribution in [2.24, 2.45) is 0 Å². The van der Waals surface area contributed by atoms with Gasteiger partial charge < -0.3 is 9.84 Å². The van der Waals surface area contributed by atoms with Crippen LogP contribution in [0.1, 0.15) is 17.5 Å². The van der Waals surface area contributed by atoms with E-state index in [-0.39, 0.29) is 0 Å². The third kappa shape index (κ3) is 2.53. The van der Waals surface area contributed by atoms with Crippen LogP contribution in [0, 0.1) is 0 Å². The summed E-state index contributed by atoms with van der Waals surface area (Å²) in [5, 5.41) is 9.88. The molecule has 0 radical (unpaired) electrons. The van der Waals surface area contributed by atoms with Crippen LogP contribution in [0.25, 0.3) is 0 Å². The topological polar surface area (TPSA) is 59.4 Å². The summed E-state index contributed by atoms with van der Waals surface area (Å²) in [6.07, 6.45) is 4.25. The van der Waals surface area contributed by atoms with Crippen LogP contribution in [-0.2, 0) is 16.6 Å². The third-order valence-electron chi connectivity index (χ3n) is 3.87. The zero-order chi connectivity index (χ0) is 14.9. The van der Waals surface area contributed by atoms with Gasteiger partial charge in [0, 0.05) is 28.9 Å². The smallest absolute Gasteiger partial charge is 0.314 e. The van der Waals surface area contributed by atoms with Crippen molar-refractivity contribution in [2.75, 3.05) is 6.61 Å². The molecule has 0 amide bonds. The fourth-order valence-electron chi connectivity index (χ4n) is 2.84. The summed E-state index contributed by atoms with van der Waals surface area (Å²) in [5.41, 5.74) is 0.671. The highest BCUT2D eigenvalue weighted by molar-refractivity contribution is 9.10. The molecule has 0 fully saturated rings. The fourth-order valence-corrected chi connectivity index (χ4v) is 3.25. The highest BCUT2D eigenvalue weighted by Crippen LogP contribution is 2.41. The molecule has 108 valence electrons.